The lowest BCUT2D eigenvalue weighted by atomic mass is 10.4. The normalized spacial score (nSPS) is 11.0. The van der Waals surface area contributed by atoms with Crippen molar-refractivity contribution in [1.29, 1.82) is 0 Å². The van der Waals surface area contributed by atoms with E-state index in [9.17, 15) is 0 Å². The SMILES string of the molecule is CCC=Nc1sccc1C. The average molecular weight is 153 g/mol. The van der Waals surface area contributed by atoms with Crippen molar-refractivity contribution in [3.05, 3.63) is 17.0 Å². The van der Waals surface area contributed by atoms with Gasteiger partial charge in [-0.05, 0) is 30.4 Å². The first-order valence-corrected chi connectivity index (χ1v) is 4.29. The third-order valence-electron chi connectivity index (χ3n) is 1.23. The molecule has 0 aromatic carbocycles. The summed E-state index contributed by atoms with van der Waals surface area (Å²) >= 11 is 1.69. The van der Waals surface area contributed by atoms with Crippen molar-refractivity contribution in [2.45, 2.75) is 20.3 Å². The highest BCUT2D eigenvalue weighted by Crippen LogP contribution is 2.24. The molecule has 0 unspecified atom stereocenters. The van der Waals surface area contributed by atoms with Gasteiger partial charge in [0, 0.05) is 6.21 Å². The Labute approximate surface area is 65.4 Å². The molecule has 0 aliphatic rings. The van der Waals surface area contributed by atoms with Gasteiger partial charge in [0.15, 0.2) is 0 Å². The average Bonchev–Trinajstić information content (AvgIpc) is 2.31. The molecule has 0 amide bonds. The van der Waals surface area contributed by atoms with Crippen LogP contribution >= 0.6 is 11.3 Å². The van der Waals surface area contributed by atoms with E-state index in [1.54, 1.807) is 11.3 Å². The Balaban J connectivity index is 2.74. The predicted molar refractivity (Wildman–Crippen MR) is 47.5 cm³/mol. The molecule has 1 aromatic rings. The highest BCUT2D eigenvalue weighted by atomic mass is 32.1. The van der Waals surface area contributed by atoms with Gasteiger partial charge in [-0.2, -0.15) is 0 Å². The van der Waals surface area contributed by atoms with E-state index in [1.807, 2.05) is 6.21 Å². The van der Waals surface area contributed by atoms with Gasteiger partial charge in [0.1, 0.15) is 5.00 Å². The van der Waals surface area contributed by atoms with E-state index in [2.05, 4.69) is 30.3 Å². The molecule has 0 spiro atoms. The van der Waals surface area contributed by atoms with Gasteiger partial charge in [0.25, 0.3) is 0 Å². The van der Waals surface area contributed by atoms with Gasteiger partial charge in [-0.1, -0.05) is 6.92 Å². The van der Waals surface area contributed by atoms with Gasteiger partial charge in [0.05, 0.1) is 0 Å². The molecule has 0 radical (unpaired) electrons. The number of rotatable bonds is 2. The van der Waals surface area contributed by atoms with Crippen LogP contribution in [0.5, 0.6) is 0 Å². The highest BCUT2D eigenvalue weighted by molar-refractivity contribution is 7.14. The molecular weight excluding hydrogens is 142 g/mol. The van der Waals surface area contributed by atoms with Crippen LogP contribution < -0.4 is 0 Å². The van der Waals surface area contributed by atoms with Crippen molar-refractivity contribution in [3.63, 3.8) is 0 Å². The summed E-state index contributed by atoms with van der Waals surface area (Å²) in [5, 5.41) is 3.21. The number of nitrogens with zero attached hydrogens (tertiary/aromatic N) is 1. The van der Waals surface area contributed by atoms with E-state index in [0.717, 1.165) is 11.4 Å². The lowest BCUT2D eigenvalue weighted by Crippen LogP contribution is -1.65. The molecule has 10 heavy (non-hydrogen) atoms. The van der Waals surface area contributed by atoms with Gasteiger partial charge in [0.2, 0.25) is 0 Å². The zero-order valence-corrected chi connectivity index (χ0v) is 7.11. The second-order valence-electron chi connectivity index (χ2n) is 2.13. The second-order valence-corrected chi connectivity index (χ2v) is 3.02. The van der Waals surface area contributed by atoms with Crippen LogP contribution in [-0.4, -0.2) is 6.21 Å². The Morgan fingerprint density at radius 3 is 3.00 bits per heavy atom. The van der Waals surface area contributed by atoms with Gasteiger partial charge in [-0.25, -0.2) is 0 Å². The minimum absolute atomic E-state index is 1.01. The molecule has 1 rings (SSSR count). The Bertz CT molecular complexity index is 225. The fraction of sp³-hybridized carbons (Fsp3) is 0.375. The smallest absolute Gasteiger partial charge is 0.118 e. The summed E-state index contributed by atoms with van der Waals surface area (Å²) in [6.07, 6.45) is 2.95. The fourth-order valence-corrected chi connectivity index (χ4v) is 1.46. The standard InChI is InChI=1S/C8H11NS/c1-3-5-9-8-7(2)4-6-10-8/h4-6H,3H2,1-2H3. The molecule has 1 aromatic heterocycles. The Hall–Kier alpha value is -0.630. The van der Waals surface area contributed by atoms with Crippen LogP contribution in [-0.2, 0) is 0 Å². The zero-order valence-electron chi connectivity index (χ0n) is 6.29. The summed E-state index contributed by atoms with van der Waals surface area (Å²) in [6.45, 7) is 4.17. The van der Waals surface area contributed by atoms with E-state index >= 15 is 0 Å². The second kappa shape index (κ2) is 3.52. The minimum Gasteiger partial charge on any atom is -0.250 e. The number of thiophene rings is 1. The number of hydrogen-bond acceptors (Lipinski definition) is 2. The predicted octanol–water partition coefficient (Wildman–Crippen LogP) is 3.17. The molecule has 54 valence electrons. The summed E-state index contributed by atoms with van der Waals surface area (Å²) < 4.78 is 0. The Kier molecular flexibility index (Phi) is 2.63. The van der Waals surface area contributed by atoms with Crippen molar-refractivity contribution >= 4 is 22.6 Å². The minimum atomic E-state index is 1.01. The van der Waals surface area contributed by atoms with E-state index in [-0.39, 0.29) is 0 Å². The van der Waals surface area contributed by atoms with Crippen LogP contribution in [0.15, 0.2) is 16.4 Å². The molecule has 1 heterocycles. The number of aliphatic imine (C=N–C) groups is 1. The molecule has 0 aliphatic heterocycles. The summed E-state index contributed by atoms with van der Waals surface area (Å²) in [5.74, 6) is 0. The third kappa shape index (κ3) is 1.67. The molecule has 0 saturated carbocycles. The molecule has 0 N–H and O–H groups in total. The zero-order chi connectivity index (χ0) is 7.40. The van der Waals surface area contributed by atoms with Crippen LogP contribution in [0.2, 0.25) is 0 Å². The van der Waals surface area contributed by atoms with Crippen LogP contribution in [0.3, 0.4) is 0 Å². The monoisotopic (exact) mass is 153 g/mol. The van der Waals surface area contributed by atoms with Gasteiger partial charge >= 0.3 is 0 Å². The quantitative estimate of drug-likeness (QED) is 0.579. The van der Waals surface area contributed by atoms with Gasteiger partial charge < -0.3 is 0 Å². The molecule has 1 nitrogen and oxygen atoms in total. The molecule has 0 fully saturated rings. The van der Waals surface area contributed by atoms with Crippen molar-refractivity contribution < 1.29 is 0 Å². The number of aryl methyl sites for hydroxylation is 1. The Morgan fingerprint density at radius 1 is 1.70 bits per heavy atom. The largest absolute Gasteiger partial charge is 0.250 e. The van der Waals surface area contributed by atoms with Crippen molar-refractivity contribution in [1.82, 2.24) is 0 Å². The summed E-state index contributed by atoms with van der Waals surface area (Å²) in [6, 6.07) is 2.09. The molecule has 2 heteroatoms. The van der Waals surface area contributed by atoms with Crippen LogP contribution in [0.1, 0.15) is 18.9 Å². The summed E-state index contributed by atoms with van der Waals surface area (Å²) in [7, 11) is 0. The molecule has 0 atom stereocenters. The number of hydrogen-bond donors (Lipinski definition) is 0. The maximum absolute atomic E-state index is 4.28. The lowest BCUT2D eigenvalue weighted by molar-refractivity contribution is 1.31. The molecular formula is C8H11NS. The molecule has 0 aliphatic carbocycles. The van der Waals surface area contributed by atoms with E-state index in [1.165, 1.54) is 5.56 Å². The third-order valence-corrected chi connectivity index (χ3v) is 2.15. The van der Waals surface area contributed by atoms with Crippen LogP contribution in [0.4, 0.5) is 5.00 Å². The first kappa shape index (κ1) is 7.48. The van der Waals surface area contributed by atoms with Crippen molar-refractivity contribution in [2.75, 3.05) is 0 Å². The van der Waals surface area contributed by atoms with Crippen molar-refractivity contribution in [3.8, 4) is 0 Å². The summed E-state index contributed by atoms with van der Waals surface area (Å²) in [4.78, 5) is 4.28. The maximum atomic E-state index is 4.28. The van der Waals surface area contributed by atoms with Gasteiger partial charge in [-0.15, -0.1) is 11.3 Å². The highest BCUT2D eigenvalue weighted by Gasteiger charge is 1.92. The summed E-state index contributed by atoms with van der Waals surface area (Å²) in [5.41, 5.74) is 1.27. The van der Waals surface area contributed by atoms with E-state index in [4.69, 9.17) is 0 Å². The maximum Gasteiger partial charge on any atom is 0.118 e. The first-order valence-electron chi connectivity index (χ1n) is 3.41. The Morgan fingerprint density at radius 2 is 2.50 bits per heavy atom. The lowest BCUT2D eigenvalue weighted by Gasteiger charge is -1.86. The van der Waals surface area contributed by atoms with Crippen LogP contribution in [0, 0.1) is 6.92 Å². The van der Waals surface area contributed by atoms with E-state index in [0.29, 0.717) is 0 Å². The van der Waals surface area contributed by atoms with Gasteiger partial charge in [-0.3, -0.25) is 4.99 Å². The first-order chi connectivity index (χ1) is 4.84. The molecule has 0 bridgehead atoms. The topological polar surface area (TPSA) is 12.4 Å². The fourth-order valence-electron chi connectivity index (χ4n) is 0.671. The van der Waals surface area contributed by atoms with E-state index < -0.39 is 0 Å². The molecule has 0 saturated heterocycles. The van der Waals surface area contributed by atoms with Crippen molar-refractivity contribution in [2.24, 2.45) is 4.99 Å². The van der Waals surface area contributed by atoms with Crippen LogP contribution in [0.25, 0.3) is 0 Å².